The van der Waals surface area contributed by atoms with Crippen molar-refractivity contribution >= 4 is 0 Å². The molecule has 0 saturated heterocycles. The third-order valence-electron chi connectivity index (χ3n) is 8.04. The van der Waals surface area contributed by atoms with Crippen LogP contribution in [-0.4, -0.2) is 22.4 Å². The van der Waals surface area contributed by atoms with Crippen LogP contribution < -0.4 is 0 Å². The number of allylic oxidation sites excluding steroid dienone is 5. The Morgan fingerprint density at radius 1 is 1.13 bits per heavy atom. The average Bonchev–Trinajstić information content (AvgIpc) is 3.00. The van der Waals surface area contributed by atoms with Crippen molar-refractivity contribution in [2.45, 2.75) is 111 Å². The molecule has 0 aromatic carbocycles. The van der Waals surface area contributed by atoms with Crippen LogP contribution in [0.5, 0.6) is 0 Å². The van der Waals surface area contributed by atoms with E-state index in [1.165, 1.54) is 51.4 Å². The van der Waals surface area contributed by atoms with Crippen LogP contribution in [0.3, 0.4) is 0 Å². The topological polar surface area (TPSA) is 40.5 Å². The highest BCUT2D eigenvalue weighted by atomic mass is 16.3. The Morgan fingerprint density at radius 2 is 1.80 bits per heavy atom. The Bertz CT molecular complexity index is 729. The van der Waals surface area contributed by atoms with Gasteiger partial charge >= 0.3 is 0 Å². The third kappa shape index (κ3) is 5.19. The maximum absolute atomic E-state index is 10.1. The molecule has 0 amide bonds. The van der Waals surface area contributed by atoms with Crippen LogP contribution in [0.4, 0.5) is 0 Å². The third-order valence-corrected chi connectivity index (χ3v) is 8.04. The quantitative estimate of drug-likeness (QED) is 0.486. The van der Waals surface area contributed by atoms with Gasteiger partial charge < -0.3 is 10.2 Å². The molecular weight excluding hydrogens is 368 g/mol. The number of fused-ring (bicyclic) bond motifs is 1. The van der Waals surface area contributed by atoms with Crippen molar-refractivity contribution in [1.29, 1.82) is 0 Å². The van der Waals surface area contributed by atoms with Crippen molar-refractivity contribution in [2.24, 2.45) is 16.7 Å². The van der Waals surface area contributed by atoms with Gasteiger partial charge in [0.1, 0.15) is 0 Å². The fourth-order valence-electron chi connectivity index (χ4n) is 6.22. The van der Waals surface area contributed by atoms with Crippen molar-refractivity contribution < 1.29 is 10.2 Å². The maximum atomic E-state index is 10.1. The van der Waals surface area contributed by atoms with E-state index in [4.69, 9.17) is 0 Å². The lowest BCUT2D eigenvalue weighted by Gasteiger charge is -2.40. The second kappa shape index (κ2) is 9.17. The Kier molecular flexibility index (Phi) is 7.19. The van der Waals surface area contributed by atoms with Gasteiger partial charge in [0.15, 0.2) is 0 Å². The molecule has 0 bridgehead atoms. The summed E-state index contributed by atoms with van der Waals surface area (Å²) in [6, 6.07) is 0. The van der Waals surface area contributed by atoms with Gasteiger partial charge in [-0.1, -0.05) is 68.7 Å². The van der Waals surface area contributed by atoms with Gasteiger partial charge in [-0.25, -0.2) is 0 Å². The first kappa shape index (κ1) is 23.5. The zero-order chi connectivity index (χ0) is 22.1. The Balaban J connectivity index is 1.74. The van der Waals surface area contributed by atoms with Crippen molar-refractivity contribution in [3.8, 4) is 0 Å². The maximum Gasteiger partial charge on any atom is 0.0809 e. The molecule has 2 nitrogen and oxygen atoms in total. The summed E-state index contributed by atoms with van der Waals surface area (Å²) in [5.74, 6) is 0.657. The molecular formula is C28H44O2. The number of hydrogen-bond acceptors (Lipinski definition) is 2. The fourth-order valence-corrected chi connectivity index (χ4v) is 6.22. The lowest BCUT2D eigenvalue weighted by atomic mass is 9.64. The van der Waals surface area contributed by atoms with Gasteiger partial charge in [-0.15, -0.1) is 0 Å². The van der Waals surface area contributed by atoms with Crippen LogP contribution >= 0.6 is 0 Å². The monoisotopic (exact) mass is 412 g/mol. The second-order valence-electron chi connectivity index (χ2n) is 11.6. The predicted octanol–water partition coefficient (Wildman–Crippen LogP) is 7.04. The summed E-state index contributed by atoms with van der Waals surface area (Å²) in [6.07, 6.45) is 14.7. The smallest absolute Gasteiger partial charge is 0.0809 e. The summed E-state index contributed by atoms with van der Waals surface area (Å²) in [4.78, 5) is 0. The highest BCUT2D eigenvalue weighted by molar-refractivity contribution is 5.35. The lowest BCUT2D eigenvalue weighted by molar-refractivity contribution is 0.123. The van der Waals surface area contributed by atoms with Crippen molar-refractivity contribution in [2.75, 3.05) is 0 Å². The Labute approximate surface area is 184 Å². The van der Waals surface area contributed by atoms with Gasteiger partial charge in [0.25, 0.3) is 0 Å². The number of rotatable bonds is 4. The van der Waals surface area contributed by atoms with E-state index in [9.17, 15) is 10.2 Å². The van der Waals surface area contributed by atoms with Crippen LogP contribution in [0, 0.1) is 16.7 Å². The molecule has 3 aliphatic rings. The highest BCUT2D eigenvalue weighted by Gasteiger charge is 2.46. The van der Waals surface area contributed by atoms with Gasteiger partial charge in [0, 0.05) is 0 Å². The Morgan fingerprint density at radius 3 is 2.43 bits per heavy atom. The van der Waals surface area contributed by atoms with Crippen LogP contribution in [-0.2, 0) is 0 Å². The van der Waals surface area contributed by atoms with E-state index >= 15 is 0 Å². The number of aliphatic hydroxyl groups is 2. The molecule has 0 aromatic heterocycles. The molecule has 168 valence electrons. The molecule has 2 N–H and O–H groups in total. The first-order chi connectivity index (χ1) is 14.0. The minimum atomic E-state index is -0.605. The average molecular weight is 413 g/mol. The molecule has 3 rings (SSSR count). The zero-order valence-corrected chi connectivity index (χ0v) is 20.1. The normalized spacial score (nSPS) is 35.6. The molecule has 3 fully saturated rings. The SMILES string of the molecule is C=C1[C@H](O)CC(=C/C=C2\CCC[C@]3(C)/C(=C(\C)CCCC(C)(C)C)CC[C@@H]23)C[C@H]1O. The zero-order valence-electron chi connectivity index (χ0n) is 20.1. The van der Waals surface area contributed by atoms with Crippen LogP contribution in [0.1, 0.15) is 98.8 Å². The predicted molar refractivity (Wildman–Crippen MR) is 127 cm³/mol. The van der Waals surface area contributed by atoms with Crippen LogP contribution in [0.25, 0.3) is 0 Å². The lowest BCUT2D eigenvalue weighted by Crippen LogP contribution is -2.29. The molecule has 0 aliphatic heterocycles. The minimum absolute atomic E-state index is 0.328. The van der Waals surface area contributed by atoms with Gasteiger partial charge in [0.05, 0.1) is 12.2 Å². The van der Waals surface area contributed by atoms with Crippen LogP contribution in [0.15, 0.2) is 46.6 Å². The van der Waals surface area contributed by atoms with E-state index in [-0.39, 0.29) is 0 Å². The van der Waals surface area contributed by atoms with Crippen LogP contribution in [0.2, 0.25) is 0 Å². The van der Waals surface area contributed by atoms with Gasteiger partial charge in [-0.05, 0) is 93.5 Å². The van der Waals surface area contributed by atoms with Crippen molar-refractivity contribution in [1.82, 2.24) is 0 Å². The standard InChI is InChI=1S/C28H44O2/c1-19(9-7-15-27(3,4)5)23-13-14-24-22(10-8-16-28(23,24)6)12-11-21-17-25(29)20(2)26(30)18-21/h11-12,24-26,29-30H,2,7-10,13-18H2,1,3-6H3/b22-12+,23-19+/t24-,25+,26+,28+/m0/s1. The van der Waals surface area contributed by atoms with E-state index in [2.05, 4.69) is 53.3 Å². The molecule has 0 aromatic rings. The molecule has 4 atom stereocenters. The summed E-state index contributed by atoms with van der Waals surface area (Å²) in [6.45, 7) is 15.8. The number of aliphatic hydroxyl groups excluding tert-OH is 2. The number of hydrogen-bond donors (Lipinski definition) is 2. The van der Waals surface area contributed by atoms with E-state index < -0.39 is 12.2 Å². The van der Waals surface area contributed by atoms with E-state index in [1.54, 1.807) is 16.7 Å². The summed E-state index contributed by atoms with van der Waals surface area (Å²) < 4.78 is 0. The highest BCUT2D eigenvalue weighted by Crippen LogP contribution is 2.58. The van der Waals surface area contributed by atoms with E-state index in [0.717, 1.165) is 5.57 Å². The largest absolute Gasteiger partial charge is 0.388 e. The minimum Gasteiger partial charge on any atom is -0.388 e. The molecule has 0 spiro atoms. The molecule has 3 saturated carbocycles. The first-order valence-corrected chi connectivity index (χ1v) is 12.1. The van der Waals surface area contributed by atoms with E-state index in [1.807, 2.05) is 0 Å². The second-order valence-corrected chi connectivity index (χ2v) is 11.6. The fraction of sp³-hybridized carbons (Fsp3) is 0.714. The molecule has 0 unspecified atom stereocenters. The van der Waals surface area contributed by atoms with Crippen molar-refractivity contribution in [3.63, 3.8) is 0 Å². The summed E-state index contributed by atoms with van der Waals surface area (Å²) in [5, 5.41) is 20.3. The van der Waals surface area contributed by atoms with Gasteiger partial charge in [-0.3, -0.25) is 0 Å². The molecule has 2 heteroatoms. The Hall–Kier alpha value is -1.12. The summed E-state index contributed by atoms with van der Waals surface area (Å²) in [7, 11) is 0. The van der Waals surface area contributed by atoms with Crippen molar-refractivity contribution in [3.05, 3.63) is 46.6 Å². The summed E-state index contributed by atoms with van der Waals surface area (Å²) in [5.41, 5.74) is 7.46. The molecule has 0 radical (unpaired) electrons. The molecule has 3 aliphatic carbocycles. The first-order valence-electron chi connectivity index (χ1n) is 12.1. The van der Waals surface area contributed by atoms with Gasteiger partial charge in [0.2, 0.25) is 0 Å². The van der Waals surface area contributed by atoms with E-state index in [0.29, 0.717) is 35.2 Å². The molecule has 30 heavy (non-hydrogen) atoms. The molecule has 0 heterocycles. The summed E-state index contributed by atoms with van der Waals surface area (Å²) >= 11 is 0. The van der Waals surface area contributed by atoms with Gasteiger partial charge in [-0.2, -0.15) is 0 Å².